The molecule has 0 aliphatic heterocycles. The number of nitrogens with one attached hydrogen (secondary N) is 1. The van der Waals surface area contributed by atoms with E-state index in [2.05, 4.69) is 5.32 Å². The SMILES string of the molecule is COc1cc(OC)c(C(=O)NCCCO)cc1OC. The quantitative estimate of drug-likeness (QED) is 0.717. The van der Waals surface area contributed by atoms with Crippen LogP contribution in [0.1, 0.15) is 16.8 Å². The van der Waals surface area contributed by atoms with Gasteiger partial charge in [-0.2, -0.15) is 0 Å². The lowest BCUT2D eigenvalue weighted by Crippen LogP contribution is -2.25. The first kappa shape index (κ1) is 15.1. The van der Waals surface area contributed by atoms with Gasteiger partial charge >= 0.3 is 0 Å². The third-order valence-corrected chi connectivity index (χ3v) is 2.57. The molecule has 0 bridgehead atoms. The van der Waals surface area contributed by atoms with Crippen molar-refractivity contribution < 1.29 is 24.1 Å². The summed E-state index contributed by atoms with van der Waals surface area (Å²) in [5.74, 6) is 1.06. The topological polar surface area (TPSA) is 77.0 Å². The molecule has 19 heavy (non-hydrogen) atoms. The lowest BCUT2D eigenvalue weighted by atomic mass is 10.1. The van der Waals surface area contributed by atoms with Gasteiger partial charge in [-0.15, -0.1) is 0 Å². The number of carbonyl (C=O) groups is 1. The summed E-state index contributed by atoms with van der Waals surface area (Å²) in [5, 5.41) is 11.4. The molecule has 106 valence electrons. The molecule has 0 heterocycles. The average molecular weight is 269 g/mol. The maximum absolute atomic E-state index is 12.0. The van der Waals surface area contributed by atoms with E-state index in [1.54, 1.807) is 12.1 Å². The Labute approximate surface area is 112 Å². The highest BCUT2D eigenvalue weighted by atomic mass is 16.5. The van der Waals surface area contributed by atoms with Crippen molar-refractivity contribution in [3.8, 4) is 17.2 Å². The molecule has 0 spiro atoms. The van der Waals surface area contributed by atoms with E-state index >= 15 is 0 Å². The smallest absolute Gasteiger partial charge is 0.255 e. The number of aliphatic hydroxyl groups is 1. The van der Waals surface area contributed by atoms with Crippen LogP contribution in [-0.4, -0.2) is 45.5 Å². The zero-order chi connectivity index (χ0) is 14.3. The predicted octanol–water partition coefficient (Wildman–Crippen LogP) is 0.825. The predicted molar refractivity (Wildman–Crippen MR) is 70.1 cm³/mol. The second kappa shape index (κ2) is 7.48. The zero-order valence-electron chi connectivity index (χ0n) is 11.4. The summed E-state index contributed by atoms with van der Waals surface area (Å²) in [4.78, 5) is 12.0. The zero-order valence-corrected chi connectivity index (χ0v) is 11.4. The van der Waals surface area contributed by atoms with E-state index < -0.39 is 0 Å². The normalized spacial score (nSPS) is 9.89. The van der Waals surface area contributed by atoms with E-state index in [0.717, 1.165) is 0 Å². The molecule has 1 amide bonds. The largest absolute Gasteiger partial charge is 0.496 e. The molecule has 1 aromatic rings. The van der Waals surface area contributed by atoms with E-state index in [1.165, 1.54) is 21.3 Å². The Hall–Kier alpha value is -1.95. The molecular formula is C13H19NO5. The van der Waals surface area contributed by atoms with Crippen LogP contribution in [0.2, 0.25) is 0 Å². The minimum Gasteiger partial charge on any atom is -0.496 e. The number of rotatable bonds is 7. The fraction of sp³-hybridized carbons (Fsp3) is 0.462. The Morgan fingerprint density at radius 3 is 2.21 bits per heavy atom. The van der Waals surface area contributed by atoms with Crippen LogP contribution in [0.15, 0.2) is 12.1 Å². The monoisotopic (exact) mass is 269 g/mol. The second-order valence-electron chi connectivity index (χ2n) is 3.74. The summed E-state index contributed by atoms with van der Waals surface area (Å²) in [6.07, 6.45) is 0.501. The van der Waals surface area contributed by atoms with Crippen LogP contribution in [0.4, 0.5) is 0 Å². The van der Waals surface area contributed by atoms with Crippen LogP contribution in [-0.2, 0) is 0 Å². The lowest BCUT2D eigenvalue weighted by Gasteiger charge is -2.13. The summed E-state index contributed by atoms with van der Waals surface area (Å²) < 4.78 is 15.5. The molecule has 0 radical (unpaired) electrons. The molecule has 6 nitrogen and oxygen atoms in total. The standard InChI is InChI=1S/C13H19NO5/c1-17-10-8-12(19-3)11(18-2)7-9(10)13(16)14-5-4-6-15/h7-8,15H,4-6H2,1-3H3,(H,14,16). The number of hydrogen-bond donors (Lipinski definition) is 2. The number of ether oxygens (including phenoxy) is 3. The first-order chi connectivity index (χ1) is 9.17. The molecular weight excluding hydrogens is 250 g/mol. The summed E-state index contributed by atoms with van der Waals surface area (Å²) in [5.41, 5.74) is 0.359. The number of benzene rings is 1. The minimum atomic E-state index is -0.286. The van der Waals surface area contributed by atoms with E-state index in [1.807, 2.05) is 0 Å². The third kappa shape index (κ3) is 3.75. The molecule has 1 aromatic carbocycles. The van der Waals surface area contributed by atoms with Crippen molar-refractivity contribution in [3.05, 3.63) is 17.7 Å². The Bertz CT molecular complexity index is 433. The third-order valence-electron chi connectivity index (χ3n) is 2.57. The van der Waals surface area contributed by atoms with Crippen molar-refractivity contribution >= 4 is 5.91 Å². The van der Waals surface area contributed by atoms with E-state index in [0.29, 0.717) is 35.8 Å². The molecule has 2 N–H and O–H groups in total. The van der Waals surface area contributed by atoms with E-state index in [4.69, 9.17) is 19.3 Å². The molecule has 6 heteroatoms. The molecule has 0 fully saturated rings. The van der Waals surface area contributed by atoms with Gasteiger partial charge in [-0.1, -0.05) is 0 Å². The van der Waals surface area contributed by atoms with Crippen LogP contribution in [0.5, 0.6) is 17.2 Å². The van der Waals surface area contributed by atoms with Crippen LogP contribution < -0.4 is 19.5 Å². The lowest BCUT2D eigenvalue weighted by molar-refractivity contribution is 0.0947. The van der Waals surface area contributed by atoms with E-state index in [-0.39, 0.29) is 12.5 Å². The van der Waals surface area contributed by atoms with Crippen LogP contribution >= 0.6 is 0 Å². The molecule has 0 atom stereocenters. The molecule has 0 aromatic heterocycles. The fourth-order valence-corrected chi connectivity index (χ4v) is 1.58. The number of amides is 1. The van der Waals surface area contributed by atoms with Crippen molar-refractivity contribution in [1.82, 2.24) is 5.32 Å². The van der Waals surface area contributed by atoms with Gasteiger partial charge in [0.05, 0.1) is 26.9 Å². The maximum Gasteiger partial charge on any atom is 0.255 e. The first-order valence-corrected chi connectivity index (χ1v) is 5.87. The van der Waals surface area contributed by atoms with Gasteiger partial charge < -0.3 is 24.6 Å². The highest BCUT2D eigenvalue weighted by Gasteiger charge is 2.17. The first-order valence-electron chi connectivity index (χ1n) is 5.87. The average Bonchev–Trinajstić information content (AvgIpc) is 2.45. The van der Waals surface area contributed by atoms with Gasteiger partial charge in [0, 0.05) is 25.3 Å². The summed E-state index contributed by atoms with van der Waals surface area (Å²) in [6, 6.07) is 3.16. The van der Waals surface area contributed by atoms with Crippen LogP contribution in [0, 0.1) is 0 Å². The second-order valence-corrected chi connectivity index (χ2v) is 3.74. The Morgan fingerprint density at radius 2 is 1.68 bits per heavy atom. The molecule has 0 saturated heterocycles. The summed E-state index contributed by atoms with van der Waals surface area (Å²) >= 11 is 0. The molecule has 1 rings (SSSR count). The van der Waals surface area contributed by atoms with Crippen molar-refractivity contribution in [3.63, 3.8) is 0 Å². The van der Waals surface area contributed by atoms with Gasteiger partial charge in [-0.25, -0.2) is 0 Å². The summed E-state index contributed by atoms with van der Waals surface area (Å²) in [6.45, 7) is 0.427. The van der Waals surface area contributed by atoms with Gasteiger partial charge in [0.25, 0.3) is 5.91 Å². The van der Waals surface area contributed by atoms with Crippen LogP contribution in [0.3, 0.4) is 0 Å². The Balaban J connectivity index is 3.00. The van der Waals surface area contributed by atoms with Crippen molar-refractivity contribution in [2.24, 2.45) is 0 Å². The summed E-state index contributed by atoms with van der Waals surface area (Å²) in [7, 11) is 4.49. The fourth-order valence-electron chi connectivity index (χ4n) is 1.58. The van der Waals surface area contributed by atoms with Gasteiger partial charge in [0.2, 0.25) is 0 Å². The molecule has 0 aliphatic rings. The van der Waals surface area contributed by atoms with Gasteiger partial charge in [-0.05, 0) is 6.42 Å². The number of aliphatic hydroxyl groups excluding tert-OH is 1. The van der Waals surface area contributed by atoms with Crippen LogP contribution in [0.25, 0.3) is 0 Å². The van der Waals surface area contributed by atoms with Crippen molar-refractivity contribution in [1.29, 1.82) is 0 Å². The Kier molecular flexibility index (Phi) is 5.95. The maximum atomic E-state index is 12.0. The number of methoxy groups -OCH3 is 3. The van der Waals surface area contributed by atoms with Gasteiger partial charge in [0.1, 0.15) is 5.75 Å². The van der Waals surface area contributed by atoms with Gasteiger partial charge in [0.15, 0.2) is 11.5 Å². The van der Waals surface area contributed by atoms with Crippen molar-refractivity contribution in [2.45, 2.75) is 6.42 Å². The number of hydrogen-bond acceptors (Lipinski definition) is 5. The Morgan fingerprint density at radius 1 is 1.11 bits per heavy atom. The highest BCUT2D eigenvalue weighted by molar-refractivity contribution is 5.97. The molecule has 0 aliphatic carbocycles. The van der Waals surface area contributed by atoms with E-state index in [9.17, 15) is 4.79 Å². The molecule has 0 saturated carbocycles. The molecule has 0 unspecified atom stereocenters. The van der Waals surface area contributed by atoms with Gasteiger partial charge in [-0.3, -0.25) is 4.79 Å². The highest BCUT2D eigenvalue weighted by Crippen LogP contribution is 2.34. The minimum absolute atomic E-state index is 0.0311. The van der Waals surface area contributed by atoms with Crippen molar-refractivity contribution in [2.75, 3.05) is 34.5 Å². The number of carbonyl (C=O) groups excluding carboxylic acids is 1.